The lowest BCUT2D eigenvalue weighted by Gasteiger charge is -2.23. The van der Waals surface area contributed by atoms with E-state index in [0.717, 1.165) is 25.3 Å². The zero-order valence-corrected chi connectivity index (χ0v) is 13.8. The Balaban J connectivity index is 1.68. The van der Waals surface area contributed by atoms with Gasteiger partial charge >= 0.3 is 6.18 Å². The number of aromatic nitrogens is 1. The lowest BCUT2D eigenvalue weighted by Crippen LogP contribution is -2.28. The minimum atomic E-state index is -4.53. The van der Waals surface area contributed by atoms with Gasteiger partial charge in [0, 0.05) is 11.6 Å². The standard InChI is InChI=1S/C17H15ClF3N3O/c18-14-6-4-11(8-13(14)17(19,20)21)23-15-7-5-12(9-22-15)24-16(25)10-2-1-3-10/h4-10H,1-3H2,(H,22,23)(H,24,25). The van der Waals surface area contributed by atoms with E-state index in [2.05, 4.69) is 15.6 Å². The largest absolute Gasteiger partial charge is 0.417 e. The summed E-state index contributed by atoms with van der Waals surface area (Å²) in [4.78, 5) is 16.0. The first-order valence-electron chi connectivity index (χ1n) is 7.73. The van der Waals surface area contributed by atoms with E-state index < -0.39 is 11.7 Å². The molecule has 0 spiro atoms. The van der Waals surface area contributed by atoms with Crippen molar-refractivity contribution >= 4 is 34.7 Å². The highest BCUT2D eigenvalue weighted by Gasteiger charge is 2.33. The number of benzene rings is 1. The van der Waals surface area contributed by atoms with Crippen molar-refractivity contribution in [3.63, 3.8) is 0 Å². The number of amides is 1. The summed E-state index contributed by atoms with van der Waals surface area (Å²) >= 11 is 5.59. The molecule has 0 unspecified atom stereocenters. The van der Waals surface area contributed by atoms with E-state index in [1.54, 1.807) is 12.1 Å². The number of alkyl halides is 3. The summed E-state index contributed by atoms with van der Waals surface area (Å²) in [5, 5.41) is 5.20. The van der Waals surface area contributed by atoms with Crippen LogP contribution >= 0.6 is 11.6 Å². The van der Waals surface area contributed by atoms with Crippen molar-refractivity contribution < 1.29 is 18.0 Å². The van der Waals surface area contributed by atoms with Crippen molar-refractivity contribution in [3.8, 4) is 0 Å². The number of nitrogens with zero attached hydrogens (tertiary/aromatic N) is 1. The van der Waals surface area contributed by atoms with Crippen LogP contribution in [0.3, 0.4) is 0 Å². The van der Waals surface area contributed by atoms with E-state index in [9.17, 15) is 18.0 Å². The van der Waals surface area contributed by atoms with Crippen molar-refractivity contribution in [2.75, 3.05) is 10.6 Å². The number of carbonyl (C=O) groups excluding carboxylic acids is 1. The molecule has 0 bridgehead atoms. The van der Waals surface area contributed by atoms with Crippen LogP contribution < -0.4 is 10.6 Å². The average Bonchev–Trinajstić information content (AvgIpc) is 2.48. The highest BCUT2D eigenvalue weighted by atomic mass is 35.5. The van der Waals surface area contributed by atoms with Crippen LogP contribution in [0.5, 0.6) is 0 Å². The van der Waals surface area contributed by atoms with Gasteiger partial charge in [0.05, 0.1) is 22.5 Å². The van der Waals surface area contributed by atoms with Crippen molar-refractivity contribution in [2.45, 2.75) is 25.4 Å². The molecule has 2 N–H and O–H groups in total. The molecule has 8 heteroatoms. The van der Waals surface area contributed by atoms with Crippen LogP contribution in [0.2, 0.25) is 5.02 Å². The van der Waals surface area contributed by atoms with E-state index >= 15 is 0 Å². The summed E-state index contributed by atoms with van der Waals surface area (Å²) in [7, 11) is 0. The molecule has 132 valence electrons. The summed E-state index contributed by atoms with van der Waals surface area (Å²) in [5.41, 5.74) is -0.145. The minimum absolute atomic E-state index is 0.0266. The Kier molecular flexibility index (Phi) is 4.85. The molecule has 0 saturated heterocycles. The van der Waals surface area contributed by atoms with E-state index in [4.69, 9.17) is 11.6 Å². The molecule has 3 rings (SSSR count). The molecule has 1 heterocycles. The lowest BCUT2D eigenvalue weighted by molar-refractivity contribution is -0.137. The van der Waals surface area contributed by atoms with Gasteiger partial charge < -0.3 is 10.6 Å². The van der Waals surface area contributed by atoms with Crippen LogP contribution in [0.1, 0.15) is 24.8 Å². The molecule has 1 amide bonds. The molecule has 0 radical (unpaired) electrons. The van der Waals surface area contributed by atoms with Crippen LogP contribution in [-0.4, -0.2) is 10.9 Å². The first-order chi connectivity index (χ1) is 11.8. The van der Waals surface area contributed by atoms with Crippen molar-refractivity contribution in [1.82, 2.24) is 4.98 Å². The summed E-state index contributed by atoms with van der Waals surface area (Å²) < 4.78 is 38.6. The number of anilines is 3. The van der Waals surface area contributed by atoms with E-state index in [1.807, 2.05) is 0 Å². The average molecular weight is 370 g/mol. The molecule has 0 atom stereocenters. The molecule has 0 aliphatic heterocycles. The Morgan fingerprint density at radius 2 is 1.88 bits per heavy atom. The molecule has 1 aromatic carbocycles. The number of hydrogen-bond acceptors (Lipinski definition) is 3. The van der Waals surface area contributed by atoms with Gasteiger partial charge in [-0.05, 0) is 43.2 Å². The fraction of sp³-hybridized carbons (Fsp3) is 0.294. The third-order valence-electron chi connectivity index (χ3n) is 4.05. The number of hydrogen-bond donors (Lipinski definition) is 2. The van der Waals surface area contributed by atoms with Gasteiger partial charge in [-0.1, -0.05) is 18.0 Å². The quantitative estimate of drug-likeness (QED) is 0.775. The summed E-state index contributed by atoms with van der Waals surface area (Å²) in [6.45, 7) is 0. The maximum absolute atomic E-state index is 12.9. The second-order valence-corrected chi connectivity index (χ2v) is 6.27. The SMILES string of the molecule is O=C(Nc1ccc(Nc2ccc(Cl)c(C(F)(F)F)c2)nc1)C1CCC1. The summed E-state index contributed by atoms with van der Waals surface area (Å²) in [6, 6.07) is 6.77. The molecule has 1 aliphatic carbocycles. The van der Waals surface area contributed by atoms with Crippen LogP contribution in [-0.2, 0) is 11.0 Å². The van der Waals surface area contributed by atoms with Crippen LogP contribution in [0.4, 0.5) is 30.4 Å². The maximum Gasteiger partial charge on any atom is 0.417 e. The van der Waals surface area contributed by atoms with Crippen molar-refractivity contribution in [1.29, 1.82) is 0 Å². The molecular formula is C17H15ClF3N3O. The fourth-order valence-electron chi connectivity index (χ4n) is 2.42. The number of rotatable bonds is 4. The lowest BCUT2D eigenvalue weighted by atomic mass is 9.85. The third-order valence-corrected chi connectivity index (χ3v) is 4.38. The molecule has 4 nitrogen and oxygen atoms in total. The fourth-order valence-corrected chi connectivity index (χ4v) is 2.65. The second kappa shape index (κ2) is 6.92. The van der Waals surface area contributed by atoms with Crippen LogP contribution in [0, 0.1) is 5.92 Å². The van der Waals surface area contributed by atoms with Crippen molar-refractivity contribution in [3.05, 3.63) is 47.1 Å². The van der Waals surface area contributed by atoms with Crippen LogP contribution in [0.15, 0.2) is 36.5 Å². The number of nitrogens with one attached hydrogen (secondary N) is 2. The van der Waals surface area contributed by atoms with E-state index in [1.165, 1.54) is 18.3 Å². The normalized spacial score (nSPS) is 14.7. The number of halogens is 4. The topological polar surface area (TPSA) is 54.0 Å². The van der Waals surface area contributed by atoms with E-state index in [-0.39, 0.29) is 22.5 Å². The Bertz CT molecular complexity index is 774. The zero-order valence-electron chi connectivity index (χ0n) is 13.0. The molecular weight excluding hydrogens is 355 g/mol. The monoisotopic (exact) mass is 369 g/mol. The predicted octanol–water partition coefficient (Wildman–Crippen LogP) is 5.24. The Hall–Kier alpha value is -2.28. The van der Waals surface area contributed by atoms with Gasteiger partial charge in [0.15, 0.2) is 0 Å². The van der Waals surface area contributed by atoms with Gasteiger partial charge in [0.2, 0.25) is 5.91 Å². The first kappa shape index (κ1) is 17.5. The smallest absolute Gasteiger partial charge is 0.340 e. The first-order valence-corrected chi connectivity index (χ1v) is 8.11. The van der Waals surface area contributed by atoms with Gasteiger partial charge in [-0.3, -0.25) is 4.79 Å². The van der Waals surface area contributed by atoms with Crippen molar-refractivity contribution in [2.24, 2.45) is 5.92 Å². The molecule has 1 aromatic heterocycles. The highest BCUT2D eigenvalue weighted by Crippen LogP contribution is 2.36. The molecule has 1 aliphatic rings. The highest BCUT2D eigenvalue weighted by molar-refractivity contribution is 6.31. The maximum atomic E-state index is 12.9. The number of carbonyl (C=O) groups is 1. The molecule has 25 heavy (non-hydrogen) atoms. The zero-order chi connectivity index (χ0) is 18.0. The summed E-state index contributed by atoms with van der Waals surface area (Å²) in [6.07, 6.45) is -0.203. The van der Waals surface area contributed by atoms with Gasteiger partial charge in [0.25, 0.3) is 0 Å². The van der Waals surface area contributed by atoms with Gasteiger partial charge in [0.1, 0.15) is 5.82 Å². The third kappa shape index (κ3) is 4.22. The molecule has 1 saturated carbocycles. The van der Waals surface area contributed by atoms with Gasteiger partial charge in [-0.25, -0.2) is 4.98 Å². The van der Waals surface area contributed by atoms with E-state index in [0.29, 0.717) is 11.5 Å². The molecule has 1 fully saturated rings. The Labute approximate surface area is 147 Å². The Morgan fingerprint density at radius 1 is 1.16 bits per heavy atom. The Morgan fingerprint density at radius 3 is 2.44 bits per heavy atom. The van der Waals surface area contributed by atoms with Crippen LogP contribution in [0.25, 0.3) is 0 Å². The summed E-state index contributed by atoms with van der Waals surface area (Å²) in [5.74, 6) is 0.394. The predicted molar refractivity (Wildman–Crippen MR) is 89.9 cm³/mol. The van der Waals surface area contributed by atoms with Gasteiger partial charge in [-0.15, -0.1) is 0 Å². The number of pyridine rings is 1. The second-order valence-electron chi connectivity index (χ2n) is 5.87. The molecule has 2 aromatic rings. The minimum Gasteiger partial charge on any atom is -0.340 e. The van der Waals surface area contributed by atoms with Gasteiger partial charge in [-0.2, -0.15) is 13.2 Å².